The monoisotopic (exact) mass is 311 g/mol. The number of hydrogen-bond donors (Lipinski definition) is 2. The van der Waals surface area contributed by atoms with E-state index >= 15 is 0 Å². The Bertz CT molecular complexity index is 549. The highest BCUT2D eigenvalue weighted by Crippen LogP contribution is 2.33. The van der Waals surface area contributed by atoms with E-state index in [1.807, 2.05) is 12.1 Å². The van der Waals surface area contributed by atoms with Gasteiger partial charge in [0.25, 0.3) is 0 Å². The molecule has 1 aromatic carbocycles. The van der Waals surface area contributed by atoms with Crippen molar-refractivity contribution < 1.29 is 4.79 Å². The van der Waals surface area contributed by atoms with Gasteiger partial charge in [-0.2, -0.15) is 0 Å². The van der Waals surface area contributed by atoms with Gasteiger partial charge in [-0.25, -0.2) is 0 Å². The number of anilines is 1. The first kappa shape index (κ1) is 15.1. The van der Waals surface area contributed by atoms with Gasteiger partial charge in [-0.3, -0.25) is 4.79 Å². The standard InChI is InChI=1S/C14H18ClN3OS/c1-8-2-3-10(13(16)19)7-18(8)12-5-4-9(14(17)20)6-11(12)15/h4-6,8,10H,2-3,7H2,1H3,(H2,16,19)(H2,17,20). The summed E-state index contributed by atoms with van der Waals surface area (Å²) in [4.78, 5) is 13.8. The Balaban J connectivity index is 2.29. The van der Waals surface area contributed by atoms with E-state index in [-0.39, 0.29) is 11.8 Å². The van der Waals surface area contributed by atoms with Crippen molar-refractivity contribution in [2.45, 2.75) is 25.8 Å². The minimum absolute atomic E-state index is 0.127. The molecule has 108 valence electrons. The smallest absolute Gasteiger partial charge is 0.222 e. The van der Waals surface area contributed by atoms with Crippen LogP contribution in [0.2, 0.25) is 5.02 Å². The molecule has 1 heterocycles. The van der Waals surface area contributed by atoms with Gasteiger partial charge in [0.15, 0.2) is 0 Å². The molecule has 0 radical (unpaired) electrons. The minimum Gasteiger partial charge on any atom is -0.389 e. The fraction of sp³-hybridized carbons (Fsp3) is 0.429. The second kappa shape index (κ2) is 5.97. The average Bonchev–Trinajstić information content (AvgIpc) is 2.39. The Kier molecular flexibility index (Phi) is 4.50. The van der Waals surface area contributed by atoms with Gasteiger partial charge >= 0.3 is 0 Å². The number of nitrogens with zero attached hydrogens (tertiary/aromatic N) is 1. The summed E-state index contributed by atoms with van der Waals surface area (Å²) in [5, 5.41) is 0.590. The summed E-state index contributed by atoms with van der Waals surface area (Å²) < 4.78 is 0. The Morgan fingerprint density at radius 3 is 2.65 bits per heavy atom. The van der Waals surface area contributed by atoms with Crippen LogP contribution < -0.4 is 16.4 Å². The highest BCUT2D eigenvalue weighted by molar-refractivity contribution is 7.80. The van der Waals surface area contributed by atoms with Crippen molar-refractivity contribution in [2.75, 3.05) is 11.4 Å². The van der Waals surface area contributed by atoms with Crippen molar-refractivity contribution in [1.29, 1.82) is 0 Å². The average molecular weight is 312 g/mol. The number of carbonyl (C=O) groups is 1. The van der Waals surface area contributed by atoms with Gasteiger partial charge in [-0.05, 0) is 38.0 Å². The van der Waals surface area contributed by atoms with Crippen LogP contribution in [0.5, 0.6) is 0 Å². The minimum atomic E-state index is -0.252. The van der Waals surface area contributed by atoms with Crippen LogP contribution in [-0.2, 0) is 4.79 Å². The third-order valence-corrected chi connectivity index (χ3v) is 4.36. The van der Waals surface area contributed by atoms with Crippen molar-refractivity contribution in [1.82, 2.24) is 0 Å². The van der Waals surface area contributed by atoms with Crippen LogP contribution in [0.15, 0.2) is 18.2 Å². The Labute approximate surface area is 129 Å². The maximum atomic E-state index is 11.4. The second-order valence-corrected chi connectivity index (χ2v) is 6.06. The van der Waals surface area contributed by atoms with E-state index in [1.54, 1.807) is 6.07 Å². The molecule has 0 bridgehead atoms. The Morgan fingerprint density at radius 2 is 2.10 bits per heavy atom. The molecule has 20 heavy (non-hydrogen) atoms. The third kappa shape index (κ3) is 3.04. The summed E-state index contributed by atoms with van der Waals surface area (Å²) in [6.07, 6.45) is 1.75. The van der Waals surface area contributed by atoms with Gasteiger partial charge in [0.05, 0.1) is 16.6 Å². The number of rotatable bonds is 3. The maximum Gasteiger partial charge on any atom is 0.222 e. The lowest BCUT2D eigenvalue weighted by atomic mass is 9.92. The summed E-state index contributed by atoms with van der Waals surface area (Å²) in [5.41, 5.74) is 12.7. The van der Waals surface area contributed by atoms with Gasteiger partial charge < -0.3 is 16.4 Å². The highest BCUT2D eigenvalue weighted by atomic mass is 35.5. The fourth-order valence-corrected chi connectivity index (χ4v) is 2.98. The zero-order valence-electron chi connectivity index (χ0n) is 11.3. The molecular formula is C14H18ClN3OS. The van der Waals surface area contributed by atoms with E-state index < -0.39 is 0 Å². The van der Waals surface area contributed by atoms with Gasteiger partial charge in [0, 0.05) is 18.2 Å². The lowest BCUT2D eigenvalue weighted by Crippen LogP contribution is -2.46. The number of benzene rings is 1. The maximum absolute atomic E-state index is 11.4. The predicted molar refractivity (Wildman–Crippen MR) is 86.1 cm³/mol. The van der Waals surface area contributed by atoms with Gasteiger partial charge in [-0.1, -0.05) is 23.8 Å². The molecule has 0 saturated carbocycles. The molecule has 1 aromatic rings. The molecule has 1 aliphatic heterocycles. The van der Waals surface area contributed by atoms with E-state index in [0.717, 1.165) is 24.1 Å². The number of carbonyl (C=O) groups excluding carboxylic acids is 1. The third-order valence-electron chi connectivity index (χ3n) is 3.83. The summed E-state index contributed by atoms with van der Waals surface area (Å²) in [6, 6.07) is 5.83. The molecule has 2 unspecified atom stereocenters. The SMILES string of the molecule is CC1CCC(C(N)=O)CN1c1ccc(C(N)=S)cc1Cl. The molecule has 1 fully saturated rings. The molecule has 4 N–H and O–H groups in total. The largest absolute Gasteiger partial charge is 0.389 e. The van der Waals surface area contributed by atoms with E-state index in [4.69, 9.17) is 35.3 Å². The van der Waals surface area contributed by atoms with E-state index in [1.165, 1.54) is 0 Å². The number of halogens is 1. The first-order valence-electron chi connectivity index (χ1n) is 6.55. The number of piperidine rings is 1. The molecule has 0 aliphatic carbocycles. The number of thiocarbonyl (C=S) groups is 1. The molecule has 1 aliphatic rings. The van der Waals surface area contributed by atoms with E-state index in [2.05, 4.69) is 11.8 Å². The summed E-state index contributed by atoms with van der Waals surface area (Å²) >= 11 is 11.3. The molecule has 6 heteroatoms. The summed E-state index contributed by atoms with van der Waals surface area (Å²) in [5.74, 6) is -0.379. The van der Waals surface area contributed by atoms with Crippen molar-refractivity contribution in [3.8, 4) is 0 Å². The molecule has 2 atom stereocenters. The molecular weight excluding hydrogens is 294 g/mol. The van der Waals surface area contributed by atoms with Gasteiger partial charge in [0.2, 0.25) is 5.91 Å². The Morgan fingerprint density at radius 1 is 1.40 bits per heavy atom. The zero-order chi connectivity index (χ0) is 14.9. The molecule has 1 amide bonds. The number of amides is 1. The normalized spacial score (nSPS) is 22.6. The molecule has 0 aromatic heterocycles. The van der Waals surface area contributed by atoms with Crippen LogP contribution in [0.3, 0.4) is 0 Å². The summed E-state index contributed by atoms with van der Waals surface area (Å²) in [7, 11) is 0. The highest BCUT2D eigenvalue weighted by Gasteiger charge is 2.29. The number of hydrogen-bond acceptors (Lipinski definition) is 3. The Hall–Kier alpha value is -1.33. The van der Waals surface area contributed by atoms with Crippen LogP contribution in [0.4, 0.5) is 5.69 Å². The van der Waals surface area contributed by atoms with E-state index in [0.29, 0.717) is 22.6 Å². The van der Waals surface area contributed by atoms with Crippen molar-refractivity contribution in [3.05, 3.63) is 28.8 Å². The van der Waals surface area contributed by atoms with E-state index in [9.17, 15) is 4.79 Å². The van der Waals surface area contributed by atoms with Crippen molar-refractivity contribution >= 4 is 40.4 Å². The van der Waals surface area contributed by atoms with Crippen molar-refractivity contribution in [2.24, 2.45) is 17.4 Å². The number of nitrogens with two attached hydrogens (primary N) is 2. The first-order valence-corrected chi connectivity index (χ1v) is 7.34. The second-order valence-electron chi connectivity index (χ2n) is 5.21. The molecule has 0 spiro atoms. The van der Waals surface area contributed by atoms with Crippen LogP contribution >= 0.6 is 23.8 Å². The number of primary amides is 1. The zero-order valence-corrected chi connectivity index (χ0v) is 12.9. The van der Waals surface area contributed by atoms with Crippen LogP contribution in [0.25, 0.3) is 0 Å². The van der Waals surface area contributed by atoms with Crippen LogP contribution in [0, 0.1) is 5.92 Å². The summed E-state index contributed by atoms with van der Waals surface area (Å²) in [6.45, 7) is 2.72. The molecule has 4 nitrogen and oxygen atoms in total. The van der Waals surface area contributed by atoms with Gasteiger partial charge in [0.1, 0.15) is 4.99 Å². The first-order chi connectivity index (χ1) is 9.40. The quantitative estimate of drug-likeness (QED) is 0.838. The van der Waals surface area contributed by atoms with Crippen LogP contribution in [-0.4, -0.2) is 23.5 Å². The van der Waals surface area contributed by atoms with Gasteiger partial charge in [-0.15, -0.1) is 0 Å². The fourth-order valence-electron chi connectivity index (χ4n) is 2.57. The predicted octanol–water partition coefficient (Wildman–Crippen LogP) is 2.06. The lowest BCUT2D eigenvalue weighted by molar-refractivity contribution is -0.122. The van der Waals surface area contributed by atoms with Crippen molar-refractivity contribution in [3.63, 3.8) is 0 Å². The lowest BCUT2D eigenvalue weighted by Gasteiger charge is -2.39. The topological polar surface area (TPSA) is 72.4 Å². The molecule has 1 saturated heterocycles. The van der Waals surface area contributed by atoms with Crippen LogP contribution in [0.1, 0.15) is 25.3 Å². The molecule has 2 rings (SSSR count).